The standard InChI is InChI=1S/C30H30N2O6S.C24H26N2O6S/c1-30(2,25-10-16-28(17-11-25)38-39(33,34)35)24-8-14-27(15-9-24)37-20-22-5-3-4-21(18-22)19-36-26-12-6-23(7-13-26)29(31)32;1-2-4-20-15-19(17-7-9-18(10-8-17)24(25)26)11-12-23(20)31-14-13-30-21-5-3-6-22(16-21)32-33(27,28)29/h3-18H,19-20H2,1-2H3,(H3,31,32)(H,33,34,35);3,5-12,15-16H,2,4,13-14H2,1H3,(H3,25,26)(H,27,28,29). The predicted octanol–water partition coefficient (Wildman–Crippen LogP) is 9.87. The van der Waals surface area contributed by atoms with E-state index < -0.39 is 20.8 Å². The summed E-state index contributed by atoms with van der Waals surface area (Å²) in [7, 11) is -9.15. The molecule has 0 spiro atoms. The topological polar surface area (TPSA) is 264 Å². The Morgan fingerprint density at radius 2 is 0.972 bits per heavy atom. The Kier molecular flexibility index (Phi) is 18.0. The molecule has 0 unspecified atom stereocenters. The van der Waals surface area contributed by atoms with Gasteiger partial charge in [-0.2, -0.15) is 16.8 Å². The first-order valence-corrected chi connectivity index (χ1v) is 25.2. The third-order valence-electron chi connectivity index (χ3n) is 11.0. The molecule has 0 saturated carbocycles. The Bertz CT molecular complexity index is 3170. The van der Waals surface area contributed by atoms with E-state index >= 15 is 0 Å². The normalized spacial score (nSPS) is 11.3. The number of benzene rings is 7. The quantitative estimate of drug-likeness (QED) is 0.0160. The lowest BCUT2D eigenvalue weighted by Gasteiger charge is -2.26. The number of nitrogen functional groups attached to an aromatic ring is 2. The molecule has 7 rings (SSSR count). The van der Waals surface area contributed by atoms with Gasteiger partial charge in [0.05, 0.1) is 0 Å². The molecular formula is C54H56N4O12S2. The van der Waals surface area contributed by atoms with Crippen LogP contribution < -0.4 is 38.8 Å². The summed E-state index contributed by atoms with van der Waals surface area (Å²) < 4.78 is 93.4. The van der Waals surface area contributed by atoms with Gasteiger partial charge >= 0.3 is 20.8 Å². The molecule has 0 heterocycles. The number of ether oxygens (including phenoxy) is 4. The molecule has 7 aromatic rings. The average molecular weight is 1020 g/mol. The largest absolute Gasteiger partial charge is 0.490 e. The summed E-state index contributed by atoms with van der Waals surface area (Å²) in [5, 5.41) is 15.0. The van der Waals surface area contributed by atoms with Crippen LogP contribution in [0.1, 0.15) is 66.1 Å². The lowest BCUT2D eigenvalue weighted by atomic mass is 9.78. The molecule has 376 valence electrons. The number of nitrogens with one attached hydrogen (secondary N) is 2. The molecule has 0 aliphatic rings. The summed E-state index contributed by atoms with van der Waals surface area (Å²) in [6.07, 6.45) is 1.81. The maximum atomic E-state index is 10.9. The van der Waals surface area contributed by atoms with E-state index in [0.29, 0.717) is 35.8 Å². The van der Waals surface area contributed by atoms with Crippen LogP contribution in [-0.2, 0) is 45.8 Å². The first kappa shape index (κ1) is 53.5. The van der Waals surface area contributed by atoms with Crippen molar-refractivity contribution in [2.45, 2.75) is 52.2 Å². The molecule has 0 atom stereocenters. The van der Waals surface area contributed by atoms with Crippen LogP contribution >= 0.6 is 0 Å². The van der Waals surface area contributed by atoms with E-state index in [0.717, 1.165) is 63.3 Å². The van der Waals surface area contributed by atoms with Crippen molar-refractivity contribution in [2.24, 2.45) is 11.5 Å². The van der Waals surface area contributed by atoms with Crippen molar-refractivity contribution in [3.05, 3.63) is 203 Å². The van der Waals surface area contributed by atoms with Gasteiger partial charge in [0.1, 0.15) is 72.6 Å². The summed E-state index contributed by atoms with van der Waals surface area (Å²) >= 11 is 0. The monoisotopic (exact) mass is 1020 g/mol. The number of hydrogen-bond donors (Lipinski definition) is 6. The molecule has 0 aliphatic heterocycles. The van der Waals surface area contributed by atoms with Gasteiger partial charge in [-0.05, 0) is 124 Å². The van der Waals surface area contributed by atoms with E-state index in [1.807, 2.05) is 84.9 Å². The fourth-order valence-electron chi connectivity index (χ4n) is 7.31. The minimum atomic E-state index is -4.59. The van der Waals surface area contributed by atoms with Crippen molar-refractivity contribution in [2.75, 3.05) is 13.2 Å². The highest BCUT2D eigenvalue weighted by Crippen LogP contribution is 2.34. The van der Waals surface area contributed by atoms with Crippen molar-refractivity contribution in [3.8, 4) is 45.6 Å². The minimum Gasteiger partial charge on any atom is -0.490 e. The molecule has 0 aromatic heterocycles. The number of nitrogens with two attached hydrogens (primary N) is 2. The third-order valence-corrected chi connectivity index (χ3v) is 11.9. The molecule has 0 radical (unpaired) electrons. The van der Waals surface area contributed by atoms with E-state index in [4.69, 9.17) is 50.3 Å². The fourth-order valence-corrected chi connectivity index (χ4v) is 8.01. The molecule has 8 N–H and O–H groups in total. The molecule has 0 bridgehead atoms. The Labute approximate surface area is 420 Å². The van der Waals surface area contributed by atoms with E-state index in [9.17, 15) is 16.8 Å². The highest BCUT2D eigenvalue weighted by Gasteiger charge is 2.23. The lowest BCUT2D eigenvalue weighted by Crippen LogP contribution is -2.18. The van der Waals surface area contributed by atoms with Crippen LogP contribution in [0, 0.1) is 10.8 Å². The first-order chi connectivity index (χ1) is 34.2. The zero-order chi connectivity index (χ0) is 51.9. The van der Waals surface area contributed by atoms with Crippen molar-refractivity contribution in [1.82, 2.24) is 0 Å². The van der Waals surface area contributed by atoms with Gasteiger partial charge in [-0.3, -0.25) is 19.9 Å². The van der Waals surface area contributed by atoms with Gasteiger partial charge in [0.25, 0.3) is 0 Å². The van der Waals surface area contributed by atoms with E-state index in [1.54, 1.807) is 48.5 Å². The maximum absolute atomic E-state index is 10.9. The molecule has 0 fully saturated rings. The van der Waals surface area contributed by atoms with Gasteiger partial charge in [-0.1, -0.05) is 106 Å². The molecule has 7 aromatic carbocycles. The first-order valence-electron chi connectivity index (χ1n) is 22.5. The Hall–Kier alpha value is -7.90. The molecule has 0 saturated heterocycles. The fraction of sp³-hybridized carbons (Fsp3) is 0.185. The Balaban J connectivity index is 0.000000239. The van der Waals surface area contributed by atoms with Crippen LogP contribution in [0.2, 0.25) is 0 Å². The number of hydrogen-bond acceptors (Lipinski definition) is 12. The van der Waals surface area contributed by atoms with Crippen LogP contribution in [0.3, 0.4) is 0 Å². The second-order valence-electron chi connectivity index (χ2n) is 16.8. The van der Waals surface area contributed by atoms with Gasteiger partial charge in [-0.15, -0.1) is 0 Å². The van der Waals surface area contributed by atoms with Gasteiger partial charge < -0.3 is 38.8 Å². The average Bonchev–Trinajstić information content (AvgIpc) is 3.34. The van der Waals surface area contributed by atoms with E-state index in [-0.39, 0.29) is 41.8 Å². The van der Waals surface area contributed by atoms with Gasteiger partial charge in [-0.25, -0.2) is 0 Å². The molecule has 0 amide bonds. The second-order valence-corrected chi connectivity index (χ2v) is 18.8. The number of aryl methyl sites for hydroxylation is 1. The van der Waals surface area contributed by atoms with Crippen LogP contribution in [0.25, 0.3) is 11.1 Å². The van der Waals surface area contributed by atoms with Gasteiger partial charge in [0, 0.05) is 22.6 Å². The highest BCUT2D eigenvalue weighted by atomic mass is 32.3. The molecular weight excluding hydrogens is 961 g/mol. The van der Waals surface area contributed by atoms with E-state index in [2.05, 4.69) is 35.2 Å². The second kappa shape index (κ2) is 24.3. The summed E-state index contributed by atoms with van der Waals surface area (Å²) in [5.74, 6) is 2.65. The van der Waals surface area contributed by atoms with Crippen LogP contribution in [-0.4, -0.2) is 50.8 Å². The molecule has 18 heteroatoms. The third kappa shape index (κ3) is 16.3. The lowest BCUT2D eigenvalue weighted by molar-refractivity contribution is 0.215. The zero-order valence-corrected chi connectivity index (χ0v) is 41.4. The van der Waals surface area contributed by atoms with Crippen molar-refractivity contribution >= 4 is 32.5 Å². The Morgan fingerprint density at radius 1 is 0.514 bits per heavy atom. The van der Waals surface area contributed by atoms with Crippen molar-refractivity contribution in [3.63, 3.8) is 0 Å². The summed E-state index contributed by atoms with van der Waals surface area (Å²) in [4.78, 5) is 0. The summed E-state index contributed by atoms with van der Waals surface area (Å²) in [5.41, 5.74) is 19.2. The summed E-state index contributed by atoms with van der Waals surface area (Å²) in [6, 6.07) is 49.0. The maximum Gasteiger partial charge on any atom is 0.446 e. The predicted molar refractivity (Wildman–Crippen MR) is 276 cm³/mol. The van der Waals surface area contributed by atoms with Crippen LogP contribution in [0.5, 0.6) is 34.5 Å². The van der Waals surface area contributed by atoms with Crippen molar-refractivity contribution < 1.29 is 53.3 Å². The van der Waals surface area contributed by atoms with Gasteiger partial charge in [0.15, 0.2) is 0 Å². The molecule has 0 aliphatic carbocycles. The highest BCUT2D eigenvalue weighted by molar-refractivity contribution is 7.81. The Morgan fingerprint density at radius 3 is 1.50 bits per heavy atom. The van der Waals surface area contributed by atoms with Crippen molar-refractivity contribution in [1.29, 1.82) is 10.8 Å². The number of rotatable bonds is 22. The minimum absolute atomic E-state index is 0.0222. The van der Waals surface area contributed by atoms with Crippen LogP contribution in [0.15, 0.2) is 164 Å². The molecule has 16 nitrogen and oxygen atoms in total. The SMILES string of the molecule is CC(C)(c1ccc(OCc2cccc(COc3ccc(C(=N)N)cc3)c2)cc1)c1ccc(OS(=O)(=O)O)cc1.CCCc1cc(-c2ccc(C(=N)N)cc2)ccc1OCCOc1cccc(OS(=O)(=O)O)c1. The summed E-state index contributed by atoms with van der Waals surface area (Å²) in [6.45, 7) is 7.55. The zero-order valence-electron chi connectivity index (χ0n) is 39.8. The van der Waals surface area contributed by atoms with Gasteiger partial charge in [0.2, 0.25) is 0 Å². The smallest absolute Gasteiger partial charge is 0.446 e. The van der Waals surface area contributed by atoms with Crippen LogP contribution in [0.4, 0.5) is 0 Å². The number of amidine groups is 2. The molecule has 72 heavy (non-hydrogen) atoms. The van der Waals surface area contributed by atoms with E-state index in [1.165, 1.54) is 24.3 Å².